The van der Waals surface area contributed by atoms with E-state index in [1.807, 2.05) is 0 Å². The minimum absolute atomic E-state index is 0.382. The Hall–Kier alpha value is -0.490. The highest BCUT2D eigenvalue weighted by Gasteiger charge is 2.28. The second-order valence-electron chi connectivity index (χ2n) is 6.00. The zero-order valence-corrected chi connectivity index (χ0v) is 12.6. The Bertz CT molecular complexity index is 397. The van der Waals surface area contributed by atoms with E-state index in [1.54, 1.807) is 0 Å². The summed E-state index contributed by atoms with van der Waals surface area (Å²) in [6.45, 7) is 6.71. The van der Waals surface area contributed by atoms with E-state index in [2.05, 4.69) is 39.0 Å². The fraction of sp³-hybridized carbons (Fsp3) is 0.647. The summed E-state index contributed by atoms with van der Waals surface area (Å²) in [4.78, 5) is 0. The van der Waals surface area contributed by atoms with Gasteiger partial charge in [0.15, 0.2) is 0 Å². The lowest BCUT2D eigenvalue weighted by Crippen LogP contribution is -2.27. The van der Waals surface area contributed by atoms with Gasteiger partial charge in [-0.05, 0) is 62.5 Å². The van der Waals surface area contributed by atoms with Gasteiger partial charge in [0.2, 0.25) is 0 Å². The van der Waals surface area contributed by atoms with E-state index in [0.29, 0.717) is 11.3 Å². The van der Waals surface area contributed by atoms with Gasteiger partial charge in [-0.1, -0.05) is 37.1 Å². The fourth-order valence-electron chi connectivity index (χ4n) is 3.21. The summed E-state index contributed by atoms with van der Waals surface area (Å²) in [5.41, 5.74) is 4.29. The summed E-state index contributed by atoms with van der Waals surface area (Å²) >= 11 is 6.55. The molecule has 3 atom stereocenters. The number of rotatable bonds is 3. The van der Waals surface area contributed by atoms with Crippen molar-refractivity contribution in [1.29, 1.82) is 0 Å². The minimum atomic E-state index is 0.382. The Balaban J connectivity index is 2.09. The largest absolute Gasteiger partial charge is 0.123 e. The number of halogens is 1. The van der Waals surface area contributed by atoms with Crippen LogP contribution in [-0.4, -0.2) is 5.38 Å². The molecule has 100 valence electrons. The highest BCUT2D eigenvalue weighted by Crippen LogP contribution is 2.36. The lowest BCUT2D eigenvalue weighted by atomic mass is 9.77. The smallest absolute Gasteiger partial charge is 0.0367 e. The lowest BCUT2D eigenvalue weighted by molar-refractivity contribution is 0.264. The molecule has 18 heavy (non-hydrogen) atoms. The average Bonchev–Trinajstić information content (AvgIpc) is 2.36. The van der Waals surface area contributed by atoms with E-state index in [9.17, 15) is 0 Å². The molecule has 1 heteroatoms. The summed E-state index contributed by atoms with van der Waals surface area (Å²) in [6, 6.07) is 6.79. The molecular formula is C17H25Cl. The molecule has 0 amide bonds. The van der Waals surface area contributed by atoms with Crippen molar-refractivity contribution in [3.63, 3.8) is 0 Å². The van der Waals surface area contributed by atoms with Gasteiger partial charge in [0, 0.05) is 5.38 Å². The Morgan fingerprint density at radius 1 is 1.22 bits per heavy atom. The van der Waals surface area contributed by atoms with Crippen LogP contribution in [0.2, 0.25) is 0 Å². The van der Waals surface area contributed by atoms with E-state index in [4.69, 9.17) is 11.6 Å². The summed E-state index contributed by atoms with van der Waals surface area (Å²) in [6.07, 6.45) is 6.33. The summed E-state index contributed by atoms with van der Waals surface area (Å²) < 4.78 is 0. The third-order valence-electron chi connectivity index (χ3n) is 4.56. The maximum Gasteiger partial charge on any atom is 0.0367 e. The van der Waals surface area contributed by atoms with Gasteiger partial charge in [-0.3, -0.25) is 0 Å². The van der Waals surface area contributed by atoms with Crippen molar-refractivity contribution in [3.8, 4) is 0 Å². The second-order valence-corrected chi connectivity index (χ2v) is 6.56. The highest BCUT2D eigenvalue weighted by atomic mass is 35.5. The molecule has 1 fully saturated rings. The van der Waals surface area contributed by atoms with Gasteiger partial charge in [0.25, 0.3) is 0 Å². The van der Waals surface area contributed by atoms with Crippen LogP contribution in [-0.2, 0) is 6.42 Å². The lowest BCUT2D eigenvalue weighted by Gasteiger charge is -2.33. The summed E-state index contributed by atoms with van der Waals surface area (Å²) in [7, 11) is 0. The van der Waals surface area contributed by atoms with E-state index in [-0.39, 0.29) is 0 Å². The molecule has 0 saturated heterocycles. The molecular weight excluding hydrogens is 240 g/mol. The normalized spacial score (nSPS) is 28.3. The number of alkyl halides is 1. The summed E-state index contributed by atoms with van der Waals surface area (Å²) in [5, 5.41) is 0.382. The van der Waals surface area contributed by atoms with Crippen LogP contribution in [0, 0.1) is 25.7 Å². The highest BCUT2D eigenvalue weighted by molar-refractivity contribution is 6.20. The van der Waals surface area contributed by atoms with Crippen molar-refractivity contribution >= 4 is 11.6 Å². The number of aryl methyl sites for hydroxylation is 2. The van der Waals surface area contributed by atoms with Gasteiger partial charge in [0.05, 0.1) is 0 Å². The molecule has 3 unspecified atom stereocenters. The number of hydrogen-bond donors (Lipinski definition) is 0. The van der Waals surface area contributed by atoms with E-state index in [0.717, 1.165) is 12.3 Å². The van der Waals surface area contributed by atoms with E-state index in [1.165, 1.54) is 42.4 Å². The van der Waals surface area contributed by atoms with Crippen molar-refractivity contribution < 1.29 is 0 Å². The zero-order chi connectivity index (χ0) is 13.1. The van der Waals surface area contributed by atoms with Gasteiger partial charge in [-0.15, -0.1) is 11.6 Å². The van der Waals surface area contributed by atoms with Gasteiger partial charge < -0.3 is 0 Å². The van der Waals surface area contributed by atoms with E-state index < -0.39 is 0 Å². The fourth-order valence-corrected chi connectivity index (χ4v) is 3.53. The molecule has 0 aromatic heterocycles. The maximum atomic E-state index is 6.55. The molecule has 0 bridgehead atoms. The third-order valence-corrected chi connectivity index (χ3v) is 5.14. The molecule has 1 aliphatic carbocycles. The Morgan fingerprint density at radius 2 is 2.00 bits per heavy atom. The van der Waals surface area contributed by atoms with E-state index >= 15 is 0 Å². The first-order valence-corrected chi connectivity index (χ1v) is 7.74. The standard InChI is InChI=1S/C17H25Cl/c1-4-14-7-8-17(18)16(10-14)11-15-9-12(2)5-6-13(15)3/h5-6,9,14,16-17H,4,7-8,10-11H2,1-3H3. The zero-order valence-electron chi connectivity index (χ0n) is 11.9. The molecule has 1 aromatic rings. The van der Waals surface area contributed by atoms with Crippen LogP contribution in [0.4, 0.5) is 0 Å². The SMILES string of the molecule is CCC1CCC(Cl)C(Cc2cc(C)ccc2C)C1. The molecule has 0 radical (unpaired) electrons. The molecule has 0 spiro atoms. The van der Waals surface area contributed by atoms with Crippen molar-refractivity contribution in [2.24, 2.45) is 11.8 Å². The topological polar surface area (TPSA) is 0 Å². The molecule has 0 aliphatic heterocycles. The Morgan fingerprint density at radius 3 is 2.72 bits per heavy atom. The maximum absolute atomic E-state index is 6.55. The van der Waals surface area contributed by atoms with Crippen LogP contribution in [0.25, 0.3) is 0 Å². The third kappa shape index (κ3) is 3.29. The number of benzene rings is 1. The van der Waals surface area contributed by atoms with Crippen molar-refractivity contribution in [2.75, 3.05) is 0 Å². The van der Waals surface area contributed by atoms with Crippen LogP contribution in [0.1, 0.15) is 49.3 Å². The van der Waals surface area contributed by atoms with Gasteiger partial charge >= 0.3 is 0 Å². The molecule has 0 N–H and O–H groups in total. The van der Waals surface area contributed by atoms with Crippen LogP contribution in [0.3, 0.4) is 0 Å². The first kappa shape index (κ1) is 13.9. The minimum Gasteiger partial charge on any atom is -0.123 e. The van der Waals surface area contributed by atoms with Crippen LogP contribution < -0.4 is 0 Å². The Labute approximate surface area is 117 Å². The predicted octanol–water partition coefficient (Wildman–Crippen LogP) is 5.28. The van der Waals surface area contributed by atoms with Crippen LogP contribution in [0.5, 0.6) is 0 Å². The van der Waals surface area contributed by atoms with Crippen LogP contribution >= 0.6 is 11.6 Å². The predicted molar refractivity (Wildman–Crippen MR) is 80.4 cm³/mol. The average molecular weight is 265 g/mol. The first-order chi connectivity index (χ1) is 8.60. The molecule has 0 heterocycles. The Kier molecular flexibility index (Phi) is 4.72. The van der Waals surface area contributed by atoms with Gasteiger partial charge in [-0.2, -0.15) is 0 Å². The van der Waals surface area contributed by atoms with Crippen molar-refractivity contribution in [2.45, 2.75) is 58.3 Å². The molecule has 1 aromatic carbocycles. The van der Waals surface area contributed by atoms with Gasteiger partial charge in [-0.25, -0.2) is 0 Å². The number of hydrogen-bond acceptors (Lipinski definition) is 0. The van der Waals surface area contributed by atoms with Crippen molar-refractivity contribution in [3.05, 3.63) is 34.9 Å². The molecule has 1 aliphatic rings. The van der Waals surface area contributed by atoms with Gasteiger partial charge in [0.1, 0.15) is 0 Å². The quantitative estimate of drug-likeness (QED) is 0.652. The molecule has 0 nitrogen and oxygen atoms in total. The molecule has 2 rings (SSSR count). The first-order valence-electron chi connectivity index (χ1n) is 7.30. The molecule has 1 saturated carbocycles. The second kappa shape index (κ2) is 6.10. The summed E-state index contributed by atoms with van der Waals surface area (Å²) in [5.74, 6) is 1.57. The monoisotopic (exact) mass is 264 g/mol. The van der Waals surface area contributed by atoms with Crippen molar-refractivity contribution in [1.82, 2.24) is 0 Å². The van der Waals surface area contributed by atoms with Crippen LogP contribution in [0.15, 0.2) is 18.2 Å².